The fourth-order valence-corrected chi connectivity index (χ4v) is 4.88. The van der Waals surface area contributed by atoms with Gasteiger partial charge in [0.25, 0.3) is 0 Å². The van der Waals surface area contributed by atoms with Crippen molar-refractivity contribution in [2.45, 2.75) is 103 Å². The molecular formula is C22H37KN2O3S. The van der Waals surface area contributed by atoms with Crippen LogP contribution in [0.4, 0.5) is 11.4 Å². The number of unbranched alkanes of at least 4 members (excludes halogenated alkanes) is 12. The van der Waals surface area contributed by atoms with Gasteiger partial charge in [-0.3, -0.25) is 4.31 Å². The molecule has 0 saturated heterocycles. The molecule has 1 aromatic carbocycles. The average Bonchev–Trinajstić information content (AvgIpc) is 3.04. The van der Waals surface area contributed by atoms with E-state index >= 15 is 0 Å². The van der Waals surface area contributed by atoms with Crippen molar-refractivity contribution in [3.8, 4) is 0 Å². The van der Waals surface area contributed by atoms with E-state index in [0.29, 0.717) is 12.1 Å². The molecule has 5 nitrogen and oxygen atoms in total. The van der Waals surface area contributed by atoms with E-state index in [2.05, 4.69) is 12.2 Å². The Bertz CT molecular complexity index is 670. The molecule has 1 heterocycles. The van der Waals surface area contributed by atoms with Crippen molar-refractivity contribution in [3.05, 3.63) is 24.3 Å². The molecule has 0 aliphatic carbocycles. The van der Waals surface area contributed by atoms with Crippen LogP contribution in [0.1, 0.15) is 96.8 Å². The fraction of sp³-hybridized carbons (Fsp3) is 0.727. The van der Waals surface area contributed by atoms with E-state index < -0.39 is 16.5 Å². The molecule has 0 bridgehead atoms. The van der Waals surface area contributed by atoms with Crippen molar-refractivity contribution in [1.29, 1.82) is 0 Å². The van der Waals surface area contributed by atoms with Crippen LogP contribution in [0.2, 0.25) is 0 Å². The Morgan fingerprint density at radius 2 is 1.34 bits per heavy atom. The summed E-state index contributed by atoms with van der Waals surface area (Å²) in [4.78, 5) is 0. The Labute approximate surface area is 220 Å². The molecule has 0 radical (unpaired) electrons. The number of hydrogen-bond donors (Lipinski definition) is 1. The Kier molecular flexibility index (Phi) is 14.4. The molecule has 0 spiro atoms. The summed E-state index contributed by atoms with van der Waals surface area (Å²) in [5, 5.41) is 3.18. The van der Waals surface area contributed by atoms with Gasteiger partial charge in [0.2, 0.25) is 0 Å². The van der Waals surface area contributed by atoms with Crippen molar-refractivity contribution in [2.75, 3.05) is 9.62 Å². The Hall–Kier alpha value is 0.366. The van der Waals surface area contributed by atoms with Crippen LogP contribution in [0.3, 0.4) is 0 Å². The first-order valence-electron chi connectivity index (χ1n) is 11.1. The minimum absolute atomic E-state index is 0. The molecule has 29 heavy (non-hydrogen) atoms. The molecule has 1 aromatic rings. The standard InChI is InChI=1S/C22H38N2O3S.K/c1-2-3-4-5-6-7-8-9-10-11-12-13-14-19-22-23-20-17-15-16-18-21(20)24(22)28(25,26)27;/h15-18,22-23H,2-14,19H2,1H3,(H,25,26,27);/q;+1/p-1. The summed E-state index contributed by atoms with van der Waals surface area (Å²) in [6, 6.07) is 7.10. The summed E-state index contributed by atoms with van der Waals surface area (Å²) >= 11 is 0. The molecular weight excluding hydrogens is 411 g/mol. The minimum atomic E-state index is -4.51. The molecule has 2 rings (SSSR count). The molecule has 1 unspecified atom stereocenters. The van der Waals surface area contributed by atoms with E-state index in [-0.39, 0.29) is 51.4 Å². The maximum absolute atomic E-state index is 11.7. The minimum Gasteiger partial charge on any atom is -0.731 e. The SMILES string of the molecule is CCCCCCCCCCCCCCCC1Nc2ccccc2N1S(=O)(=O)[O-].[K+]. The number of anilines is 2. The van der Waals surface area contributed by atoms with E-state index in [0.717, 1.165) is 22.8 Å². The van der Waals surface area contributed by atoms with E-state index in [1.165, 1.54) is 70.6 Å². The van der Waals surface area contributed by atoms with Crippen LogP contribution in [-0.4, -0.2) is 19.1 Å². The number of fused-ring (bicyclic) bond motifs is 1. The summed E-state index contributed by atoms with van der Waals surface area (Å²) in [5.74, 6) is 0. The van der Waals surface area contributed by atoms with Gasteiger partial charge in [0, 0.05) is 0 Å². The average molecular weight is 449 g/mol. The smallest absolute Gasteiger partial charge is 0.731 e. The molecule has 1 aliphatic rings. The third-order valence-electron chi connectivity index (χ3n) is 5.57. The van der Waals surface area contributed by atoms with E-state index in [4.69, 9.17) is 0 Å². The fourth-order valence-electron chi connectivity index (χ4n) is 4.02. The second-order valence-corrected chi connectivity index (χ2v) is 9.21. The van der Waals surface area contributed by atoms with Gasteiger partial charge in [0.1, 0.15) is 6.17 Å². The van der Waals surface area contributed by atoms with Crippen LogP contribution >= 0.6 is 0 Å². The molecule has 0 amide bonds. The molecule has 1 N–H and O–H groups in total. The number of rotatable bonds is 15. The van der Waals surface area contributed by atoms with E-state index in [1.54, 1.807) is 12.1 Å². The van der Waals surface area contributed by atoms with Gasteiger partial charge in [-0.15, -0.1) is 0 Å². The van der Waals surface area contributed by atoms with Crippen molar-refractivity contribution in [3.63, 3.8) is 0 Å². The van der Waals surface area contributed by atoms with Gasteiger partial charge < -0.3 is 9.87 Å². The molecule has 1 atom stereocenters. The van der Waals surface area contributed by atoms with Gasteiger partial charge in [-0.25, -0.2) is 8.42 Å². The van der Waals surface area contributed by atoms with E-state index in [1.807, 2.05) is 12.1 Å². The first kappa shape index (κ1) is 27.4. The zero-order valence-corrected chi connectivity index (χ0v) is 22.3. The third kappa shape index (κ3) is 10.0. The monoisotopic (exact) mass is 448 g/mol. The Balaban J connectivity index is 0.00000420. The Morgan fingerprint density at radius 1 is 0.862 bits per heavy atom. The zero-order chi connectivity index (χ0) is 20.2. The van der Waals surface area contributed by atoms with Crippen molar-refractivity contribution in [1.82, 2.24) is 0 Å². The van der Waals surface area contributed by atoms with E-state index in [9.17, 15) is 13.0 Å². The predicted molar refractivity (Wildman–Crippen MR) is 116 cm³/mol. The molecule has 1 aliphatic heterocycles. The summed E-state index contributed by atoms with van der Waals surface area (Å²) in [6.07, 6.45) is 16.9. The molecule has 160 valence electrons. The number of nitrogens with one attached hydrogen (secondary N) is 1. The van der Waals surface area contributed by atoms with Gasteiger partial charge in [-0.1, -0.05) is 96.1 Å². The maximum atomic E-state index is 11.7. The predicted octanol–water partition coefficient (Wildman–Crippen LogP) is 3.19. The first-order valence-corrected chi connectivity index (χ1v) is 12.5. The summed E-state index contributed by atoms with van der Waals surface area (Å²) in [5.41, 5.74) is 1.19. The van der Waals surface area contributed by atoms with Gasteiger partial charge in [0.05, 0.1) is 11.4 Å². The van der Waals surface area contributed by atoms with Crippen LogP contribution in [-0.2, 0) is 10.3 Å². The zero-order valence-electron chi connectivity index (χ0n) is 18.4. The van der Waals surface area contributed by atoms with Gasteiger partial charge in [-0.05, 0) is 25.0 Å². The van der Waals surface area contributed by atoms with Crippen molar-refractivity contribution >= 4 is 21.7 Å². The van der Waals surface area contributed by atoms with Gasteiger partial charge in [0.15, 0.2) is 10.3 Å². The van der Waals surface area contributed by atoms with Crippen LogP contribution in [0.25, 0.3) is 0 Å². The van der Waals surface area contributed by atoms with Crippen LogP contribution < -0.4 is 61.0 Å². The quantitative estimate of drug-likeness (QED) is 0.254. The first-order chi connectivity index (χ1) is 13.5. The largest absolute Gasteiger partial charge is 1.00 e. The third-order valence-corrected chi connectivity index (χ3v) is 6.50. The van der Waals surface area contributed by atoms with Gasteiger partial charge >= 0.3 is 51.4 Å². The normalized spacial score (nSPS) is 15.7. The summed E-state index contributed by atoms with van der Waals surface area (Å²) in [6.45, 7) is 2.25. The number of benzene rings is 1. The maximum Gasteiger partial charge on any atom is 1.00 e. The van der Waals surface area contributed by atoms with Crippen molar-refractivity contribution < 1.29 is 64.4 Å². The second-order valence-electron chi connectivity index (χ2n) is 7.96. The van der Waals surface area contributed by atoms with Gasteiger partial charge in [-0.2, -0.15) is 0 Å². The summed E-state index contributed by atoms with van der Waals surface area (Å²) in [7, 11) is -4.51. The second kappa shape index (κ2) is 15.2. The molecule has 0 aromatic heterocycles. The number of para-hydroxylation sites is 2. The Morgan fingerprint density at radius 3 is 1.86 bits per heavy atom. The number of hydrogen-bond acceptors (Lipinski definition) is 4. The van der Waals surface area contributed by atoms with Crippen LogP contribution in [0.5, 0.6) is 0 Å². The number of nitrogens with zero attached hydrogens (tertiary/aromatic N) is 1. The van der Waals surface area contributed by atoms with Crippen LogP contribution in [0.15, 0.2) is 24.3 Å². The molecule has 0 saturated carbocycles. The topological polar surface area (TPSA) is 72.5 Å². The molecule has 0 fully saturated rings. The van der Waals surface area contributed by atoms with Crippen molar-refractivity contribution in [2.24, 2.45) is 0 Å². The van der Waals surface area contributed by atoms with Crippen LogP contribution in [0, 0.1) is 0 Å². The molecule has 7 heteroatoms. The summed E-state index contributed by atoms with van der Waals surface area (Å²) < 4.78 is 36.0.